The van der Waals surface area contributed by atoms with Crippen LogP contribution in [0.5, 0.6) is 0 Å². The van der Waals surface area contributed by atoms with E-state index in [9.17, 15) is 48.9 Å². The van der Waals surface area contributed by atoms with Gasteiger partial charge in [0.05, 0.1) is 34.9 Å². The molecule has 2 amide bonds. The second-order valence-electron chi connectivity index (χ2n) is 16.6. The summed E-state index contributed by atoms with van der Waals surface area (Å²) in [7, 11) is -7.70. The number of carbonyl (C=O) groups excluding carboxylic acids is 2. The van der Waals surface area contributed by atoms with Crippen LogP contribution < -0.4 is 10.6 Å². The second-order valence-corrected chi connectivity index (χ2v) is 22.8. The summed E-state index contributed by atoms with van der Waals surface area (Å²) < 4.78 is 53.6. The van der Waals surface area contributed by atoms with Gasteiger partial charge in [0, 0.05) is 13.1 Å². The van der Waals surface area contributed by atoms with Crippen molar-refractivity contribution in [2.45, 2.75) is 161 Å². The van der Waals surface area contributed by atoms with Crippen molar-refractivity contribution in [2.75, 3.05) is 39.7 Å². The highest BCUT2D eigenvalue weighted by molar-refractivity contribution is 7.99. The van der Waals surface area contributed by atoms with Gasteiger partial charge in [-0.2, -0.15) is 4.31 Å². The van der Waals surface area contributed by atoms with Gasteiger partial charge in [-0.05, 0) is 78.0 Å². The van der Waals surface area contributed by atoms with Crippen molar-refractivity contribution < 1.29 is 71.8 Å². The van der Waals surface area contributed by atoms with Gasteiger partial charge in [-0.1, -0.05) is 26.7 Å². The lowest BCUT2D eigenvalue weighted by molar-refractivity contribution is -0.203. The number of nitrogens with zero attached hydrogens (tertiary/aromatic N) is 2. The van der Waals surface area contributed by atoms with E-state index in [1.807, 2.05) is 23.9 Å². The van der Waals surface area contributed by atoms with Crippen LogP contribution in [0.15, 0.2) is 0 Å². The van der Waals surface area contributed by atoms with Gasteiger partial charge in [0.2, 0.25) is 11.8 Å². The maximum Gasteiger partial charge on any atom is 0.481 e. The molecule has 0 bridgehead atoms. The number of thioether (sulfide) groups is 2. The summed E-state index contributed by atoms with van der Waals surface area (Å²) in [6.07, 6.45) is -5.83. The molecule has 0 aromatic heterocycles. The molecule has 0 spiro atoms. The van der Waals surface area contributed by atoms with Crippen LogP contribution in [-0.2, 0) is 41.6 Å². The summed E-state index contributed by atoms with van der Waals surface area (Å²) in [5, 5.41) is 49.1. The first kappa shape index (κ1) is 53.8. The summed E-state index contributed by atoms with van der Waals surface area (Å²) in [4.78, 5) is 52.3. The number of alkyl halides is 2. The van der Waals surface area contributed by atoms with E-state index in [0.29, 0.717) is 24.7 Å². The Morgan fingerprint density at radius 3 is 1.36 bits per heavy atom. The van der Waals surface area contributed by atoms with Crippen molar-refractivity contribution in [3.63, 3.8) is 0 Å². The monoisotopic (exact) mass is 990 g/mol. The number of aliphatic hydroxyl groups excluding tert-OH is 4. The predicted molar refractivity (Wildman–Crippen MR) is 232 cm³/mol. The fourth-order valence-electron chi connectivity index (χ4n) is 8.90. The van der Waals surface area contributed by atoms with E-state index in [1.54, 1.807) is 13.8 Å². The molecule has 0 aromatic carbocycles. The molecule has 0 saturated carbocycles. The number of likely N-dealkylation sites (N-methyl/N-ethyl adjacent to an activating group) is 2. The third kappa shape index (κ3) is 13.6. The largest absolute Gasteiger partial charge is 0.481 e. The van der Waals surface area contributed by atoms with Gasteiger partial charge in [0.1, 0.15) is 59.7 Å². The molecule has 4 fully saturated rings. The van der Waals surface area contributed by atoms with Crippen molar-refractivity contribution >= 4 is 74.2 Å². The number of phosphoric ester groups is 2. The summed E-state index contributed by atoms with van der Waals surface area (Å²) in [5.41, 5.74) is -2.62. The molecular formula is C36H66Cl2N4O15P2S2. The lowest BCUT2D eigenvalue weighted by Gasteiger charge is -2.46. The third-order valence-electron chi connectivity index (χ3n) is 11.9. The summed E-state index contributed by atoms with van der Waals surface area (Å²) in [6.45, 7) is 8.76. The van der Waals surface area contributed by atoms with E-state index in [-0.39, 0.29) is 11.8 Å². The normalized spacial score (nSPS) is 39.1. The Hall–Kier alpha value is 0.160. The van der Waals surface area contributed by atoms with Crippen LogP contribution >= 0.6 is 62.4 Å². The minimum atomic E-state index is -5.69. The quantitative estimate of drug-likeness (QED) is 0.0641. The van der Waals surface area contributed by atoms with Crippen LogP contribution in [0.4, 0.5) is 0 Å². The Morgan fingerprint density at radius 2 is 1.07 bits per heavy atom. The highest BCUT2D eigenvalue weighted by Gasteiger charge is 2.55. The molecule has 356 valence electrons. The van der Waals surface area contributed by atoms with Crippen LogP contribution in [0.25, 0.3) is 0 Å². The van der Waals surface area contributed by atoms with Crippen molar-refractivity contribution in [3.8, 4) is 0 Å². The number of rotatable bonds is 20. The zero-order valence-corrected chi connectivity index (χ0v) is 40.7. The van der Waals surface area contributed by atoms with E-state index >= 15 is 0 Å². The molecule has 25 heteroatoms. The van der Waals surface area contributed by atoms with Crippen molar-refractivity contribution in [2.24, 2.45) is 11.8 Å². The second kappa shape index (κ2) is 23.3. The zero-order valence-electron chi connectivity index (χ0n) is 35.8. The van der Waals surface area contributed by atoms with Gasteiger partial charge in [0.25, 0.3) is 0 Å². The average Bonchev–Trinajstić information content (AvgIpc) is 3.74. The minimum absolute atomic E-state index is 0.332. The standard InChI is InChI=1S/C36H66Cl2N4O15P2S2/c1-9-11-19-13-21(41(5)15-19)33(47)39-23(17(3)37)29-25(43)27(45)31(35(53-29)60-7)55-58(49,50)57-59(51,52)56-32-28(46)26(44)30(54-36(32)61-8)24(18(4)38)40-34(48)22-14-20(12-10-2)16-42(22)6/h17-32,35-36,43-46H,9-16H2,1-8H3,(H,39,47)(H,40,48)(H,49,50)(H,51,52)/t17-,18-,19+,20+,21-,22-,23+,24+,25?,26?,27?,28?,29?,30?,31?,32?,35?,36?/m0/s1. The number of nitrogens with one attached hydrogen (secondary N) is 2. The zero-order chi connectivity index (χ0) is 45.7. The summed E-state index contributed by atoms with van der Waals surface area (Å²) >= 11 is 14.8. The van der Waals surface area contributed by atoms with Crippen LogP contribution in [0, 0.1) is 11.8 Å². The molecule has 61 heavy (non-hydrogen) atoms. The molecule has 0 radical (unpaired) electrons. The first-order valence-corrected chi connectivity index (χ1v) is 27.0. The first-order valence-electron chi connectivity index (χ1n) is 20.6. The number of ether oxygens (including phenoxy) is 2. The smallest absolute Gasteiger partial charge is 0.388 e. The van der Waals surface area contributed by atoms with E-state index in [0.717, 1.165) is 62.3 Å². The molecule has 8 N–H and O–H groups in total. The number of hydrogen-bond acceptors (Lipinski definition) is 17. The first-order chi connectivity index (χ1) is 28.5. The van der Waals surface area contributed by atoms with Crippen LogP contribution in [0.1, 0.15) is 66.2 Å². The Labute approximate surface area is 377 Å². The predicted octanol–water partition coefficient (Wildman–Crippen LogP) is 2.06. The number of carbonyl (C=O) groups is 2. The summed E-state index contributed by atoms with van der Waals surface area (Å²) in [5.74, 6) is -0.0245. The molecular weight excluding hydrogens is 925 g/mol. The van der Waals surface area contributed by atoms with Gasteiger partial charge in [-0.3, -0.25) is 28.4 Å². The number of likely N-dealkylation sites (tertiary alicyclic amines) is 2. The lowest BCUT2D eigenvalue weighted by Crippen LogP contribution is -2.65. The maximum absolute atomic E-state index is 13.4. The van der Waals surface area contributed by atoms with Crippen molar-refractivity contribution in [1.29, 1.82) is 0 Å². The van der Waals surface area contributed by atoms with E-state index in [2.05, 4.69) is 28.8 Å². The fourth-order valence-corrected chi connectivity index (χ4v) is 13.4. The van der Waals surface area contributed by atoms with Gasteiger partial charge in [-0.15, -0.1) is 46.7 Å². The third-order valence-corrected chi connectivity index (χ3v) is 16.8. The van der Waals surface area contributed by atoms with E-state index < -0.39 is 110 Å². The number of hydrogen-bond donors (Lipinski definition) is 8. The van der Waals surface area contributed by atoms with Crippen LogP contribution in [0.3, 0.4) is 0 Å². The van der Waals surface area contributed by atoms with Gasteiger partial charge >= 0.3 is 15.6 Å². The molecule has 4 rings (SSSR count). The molecule has 4 heterocycles. The van der Waals surface area contributed by atoms with Gasteiger partial charge in [0.15, 0.2) is 0 Å². The highest BCUT2D eigenvalue weighted by Crippen LogP contribution is 2.63. The Balaban J connectivity index is 1.41. The molecule has 0 aliphatic carbocycles. The average molecular weight is 992 g/mol. The van der Waals surface area contributed by atoms with Gasteiger partial charge < -0.3 is 50.3 Å². The Kier molecular flexibility index (Phi) is 20.5. The number of phosphoric acid groups is 2. The Bertz CT molecular complexity index is 1440. The Morgan fingerprint density at radius 1 is 0.721 bits per heavy atom. The van der Waals surface area contributed by atoms with Crippen LogP contribution in [0.2, 0.25) is 0 Å². The molecule has 4 aliphatic rings. The number of halogens is 2. The highest BCUT2D eigenvalue weighted by atomic mass is 35.5. The molecule has 0 aromatic rings. The maximum atomic E-state index is 13.4. The molecule has 4 saturated heterocycles. The molecule has 4 aliphatic heterocycles. The van der Waals surface area contributed by atoms with Crippen molar-refractivity contribution in [1.82, 2.24) is 20.4 Å². The minimum Gasteiger partial charge on any atom is -0.388 e. The van der Waals surface area contributed by atoms with E-state index in [4.69, 9.17) is 41.7 Å². The molecule has 19 nitrogen and oxygen atoms in total. The number of amides is 2. The SMILES string of the molecule is CCC[C@@H]1C[C@@H](C(=O)N[C@@H](C2OC(SC)C(OP(=O)(O)OP(=O)(O)OC3C(SC)OC([C@H](NC(=O)[C@@H]4C[C@@H](CCC)CN4C)[C@H](C)Cl)C(O)C3O)C(O)C2O)[C@H](C)Cl)N(C)C1. The number of aliphatic hydroxyl groups is 4. The fraction of sp³-hybridized carbons (Fsp3) is 0.944. The van der Waals surface area contributed by atoms with Gasteiger partial charge in [-0.25, -0.2) is 9.13 Å². The lowest BCUT2D eigenvalue weighted by atomic mass is 9.92. The summed E-state index contributed by atoms with van der Waals surface area (Å²) in [6, 6.07) is -2.99. The topological polar surface area (TPSA) is 266 Å². The molecule has 12 unspecified atom stereocenters. The van der Waals surface area contributed by atoms with E-state index in [1.165, 1.54) is 12.5 Å². The molecule has 20 atom stereocenters. The van der Waals surface area contributed by atoms with Crippen molar-refractivity contribution in [3.05, 3.63) is 0 Å². The van der Waals surface area contributed by atoms with Crippen LogP contribution in [-0.4, -0.2) is 186 Å².